The van der Waals surface area contributed by atoms with Crippen molar-refractivity contribution in [1.82, 2.24) is 9.78 Å². The summed E-state index contributed by atoms with van der Waals surface area (Å²) in [6.45, 7) is 3.92. The molecule has 0 saturated heterocycles. The summed E-state index contributed by atoms with van der Waals surface area (Å²) in [6.07, 6.45) is 3.53. The minimum atomic E-state index is 0.101. The zero-order valence-corrected chi connectivity index (χ0v) is 12.4. The lowest BCUT2D eigenvalue weighted by Crippen LogP contribution is -2.04. The molecule has 0 aliphatic rings. The number of halogens is 1. The Morgan fingerprint density at radius 3 is 2.89 bits per heavy atom. The fourth-order valence-corrected chi connectivity index (χ4v) is 2.08. The average molecular weight is 320 g/mol. The number of alkyl halides is 1. The molecule has 0 aliphatic heterocycles. The van der Waals surface area contributed by atoms with Gasteiger partial charge in [0.2, 0.25) is 0 Å². The van der Waals surface area contributed by atoms with E-state index in [4.69, 9.17) is 4.74 Å². The highest BCUT2D eigenvalue weighted by Crippen LogP contribution is 2.20. The van der Waals surface area contributed by atoms with Crippen molar-refractivity contribution in [2.45, 2.75) is 25.3 Å². The molecule has 0 saturated carbocycles. The highest BCUT2D eigenvalue weighted by atomic mass is 79.9. The van der Waals surface area contributed by atoms with Gasteiger partial charge in [-0.2, -0.15) is 10.4 Å². The minimum Gasteiger partial charge on any atom is -0.488 e. The SMILES string of the molecule is CC(C)Oc1cnn(-c2ccc(CBr)cc2C#N)c1. The van der Waals surface area contributed by atoms with Gasteiger partial charge in [0.15, 0.2) is 5.75 Å². The summed E-state index contributed by atoms with van der Waals surface area (Å²) < 4.78 is 7.22. The summed E-state index contributed by atoms with van der Waals surface area (Å²) >= 11 is 3.38. The van der Waals surface area contributed by atoms with Gasteiger partial charge in [0.25, 0.3) is 0 Å². The molecule has 2 rings (SSSR count). The number of benzene rings is 1. The van der Waals surface area contributed by atoms with Crippen LogP contribution in [-0.2, 0) is 5.33 Å². The van der Waals surface area contributed by atoms with Crippen molar-refractivity contribution in [3.8, 4) is 17.5 Å². The van der Waals surface area contributed by atoms with E-state index in [-0.39, 0.29) is 6.10 Å². The molecule has 2 aromatic rings. The second-order valence-electron chi connectivity index (χ2n) is 4.38. The summed E-state index contributed by atoms with van der Waals surface area (Å²) in [5.41, 5.74) is 2.41. The maximum absolute atomic E-state index is 9.21. The monoisotopic (exact) mass is 319 g/mol. The number of aromatic nitrogens is 2. The molecule has 1 aromatic heterocycles. The highest BCUT2D eigenvalue weighted by molar-refractivity contribution is 9.08. The Balaban J connectivity index is 2.36. The lowest BCUT2D eigenvalue weighted by molar-refractivity contribution is 0.242. The number of rotatable bonds is 4. The standard InChI is InChI=1S/C14H14BrN3O/c1-10(2)19-13-8-17-18(9-13)14-4-3-11(6-15)5-12(14)7-16/h3-5,8-10H,6H2,1-2H3. The maximum Gasteiger partial charge on any atom is 0.158 e. The van der Waals surface area contributed by atoms with E-state index in [9.17, 15) is 5.26 Å². The van der Waals surface area contributed by atoms with Crippen molar-refractivity contribution in [1.29, 1.82) is 5.26 Å². The van der Waals surface area contributed by atoms with E-state index >= 15 is 0 Å². The smallest absolute Gasteiger partial charge is 0.158 e. The largest absolute Gasteiger partial charge is 0.488 e. The Kier molecular flexibility index (Phi) is 4.23. The minimum absolute atomic E-state index is 0.101. The van der Waals surface area contributed by atoms with E-state index < -0.39 is 0 Å². The van der Waals surface area contributed by atoms with Gasteiger partial charge in [-0.05, 0) is 31.5 Å². The first-order valence-electron chi connectivity index (χ1n) is 5.94. The van der Waals surface area contributed by atoms with Crippen LogP contribution in [0, 0.1) is 11.3 Å². The van der Waals surface area contributed by atoms with E-state index in [1.54, 1.807) is 17.1 Å². The molecular weight excluding hydrogens is 306 g/mol. The first-order valence-corrected chi connectivity index (χ1v) is 7.07. The van der Waals surface area contributed by atoms with Gasteiger partial charge in [-0.25, -0.2) is 4.68 Å². The Morgan fingerprint density at radius 2 is 2.26 bits per heavy atom. The molecule has 98 valence electrons. The molecule has 0 aliphatic carbocycles. The van der Waals surface area contributed by atoms with Crippen molar-refractivity contribution < 1.29 is 4.74 Å². The number of hydrogen-bond acceptors (Lipinski definition) is 3. The summed E-state index contributed by atoms with van der Waals surface area (Å²) in [5.74, 6) is 0.698. The Morgan fingerprint density at radius 1 is 1.47 bits per heavy atom. The number of ether oxygens (including phenoxy) is 1. The summed E-state index contributed by atoms with van der Waals surface area (Å²) in [6, 6.07) is 7.91. The molecule has 0 fully saturated rings. The highest BCUT2D eigenvalue weighted by Gasteiger charge is 2.08. The molecule has 4 nitrogen and oxygen atoms in total. The van der Waals surface area contributed by atoms with E-state index in [2.05, 4.69) is 27.1 Å². The van der Waals surface area contributed by atoms with Gasteiger partial charge in [-0.3, -0.25) is 0 Å². The van der Waals surface area contributed by atoms with Crippen LogP contribution in [0.3, 0.4) is 0 Å². The molecule has 19 heavy (non-hydrogen) atoms. The lowest BCUT2D eigenvalue weighted by Gasteiger charge is -2.07. The van der Waals surface area contributed by atoms with Crippen LogP contribution >= 0.6 is 15.9 Å². The number of hydrogen-bond donors (Lipinski definition) is 0. The second kappa shape index (κ2) is 5.89. The predicted octanol–water partition coefficient (Wildman–Crippen LogP) is 3.43. The Hall–Kier alpha value is -1.80. The fraction of sp³-hybridized carbons (Fsp3) is 0.286. The fourth-order valence-electron chi connectivity index (χ4n) is 1.73. The van der Waals surface area contributed by atoms with Gasteiger partial charge in [0, 0.05) is 5.33 Å². The summed E-state index contributed by atoms with van der Waals surface area (Å²) in [7, 11) is 0. The molecule has 0 unspecified atom stereocenters. The summed E-state index contributed by atoms with van der Waals surface area (Å²) in [4.78, 5) is 0. The van der Waals surface area contributed by atoms with Gasteiger partial charge in [0.05, 0.1) is 29.7 Å². The van der Waals surface area contributed by atoms with Crippen molar-refractivity contribution in [3.05, 3.63) is 41.7 Å². The van der Waals surface area contributed by atoms with Gasteiger partial charge in [-0.15, -0.1) is 0 Å². The lowest BCUT2D eigenvalue weighted by atomic mass is 10.1. The molecule has 0 spiro atoms. The van der Waals surface area contributed by atoms with Crippen LogP contribution in [-0.4, -0.2) is 15.9 Å². The van der Waals surface area contributed by atoms with Crippen molar-refractivity contribution in [2.24, 2.45) is 0 Å². The van der Waals surface area contributed by atoms with Crippen LogP contribution in [0.5, 0.6) is 5.75 Å². The van der Waals surface area contributed by atoms with Crippen LogP contribution < -0.4 is 4.74 Å². The molecule has 0 amide bonds. The third kappa shape index (κ3) is 3.15. The first-order chi connectivity index (χ1) is 9.13. The average Bonchev–Trinajstić information content (AvgIpc) is 2.85. The second-order valence-corrected chi connectivity index (χ2v) is 4.94. The van der Waals surface area contributed by atoms with Crippen molar-refractivity contribution in [2.75, 3.05) is 0 Å². The molecule has 0 atom stereocenters. The number of nitrogens with zero attached hydrogens (tertiary/aromatic N) is 3. The molecule has 1 heterocycles. The number of nitriles is 1. The van der Waals surface area contributed by atoms with Crippen LogP contribution in [0.1, 0.15) is 25.0 Å². The molecule has 0 radical (unpaired) electrons. The summed E-state index contributed by atoms with van der Waals surface area (Å²) in [5, 5.41) is 14.2. The third-order valence-corrected chi connectivity index (χ3v) is 3.16. The Labute approximate surface area is 120 Å². The van der Waals surface area contributed by atoms with Gasteiger partial charge < -0.3 is 4.74 Å². The molecule has 5 heteroatoms. The molecule has 0 bridgehead atoms. The third-order valence-electron chi connectivity index (χ3n) is 2.51. The van der Waals surface area contributed by atoms with E-state index in [0.29, 0.717) is 11.3 Å². The Bertz CT molecular complexity index is 613. The predicted molar refractivity (Wildman–Crippen MR) is 76.7 cm³/mol. The van der Waals surface area contributed by atoms with Gasteiger partial charge in [0.1, 0.15) is 6.07 Å². The van der Waals surface area contributed by atoms with Crippen LogP contribution in [0.25, 0.3) is 5.69 Å². The van der Waals surface area contributed by atoms with Crippen molar-refractivity contribution in [3.63, 3.8) is 0 Å². The molecule has 0 N–H and O–H groups in total. The first kappa shape index (κ1) is 13.6. The van der Waals surface area contributed by atoms with E-state index in [0.717, 1.165) is 16.6 Å². The zero-order chi connectivity index (χ0) is 13.8. The van der Waals surface area contributed by atoms with Crippen LogP contribution in [0.4, 0.5) is 0 Å². The van der Waals surface area contributed by atoms with Crippen molar-refractivity contribution >= 4 is 15.9 Å². The normalized spacial score (nSPS) is 10.5. The van der Waals surface area contributed by atoms with Gasteiger partial charge >= 0.3 is 0 Å². The van der Waals surface area contributed by atoms with Crippen LogP contribution in [0.15, 0.2) is 30.6 Å². The molecule has 1 aromatic carbocycles. The van der Waals surface area contributed by atoms with Gasteiger partial charge in [-0.1, -0.05) is 22.0 Å². The van der Waals surface area contributed by atoms with E-state index in [1.165, 1.54) is 0 Å². The zero-order valence-electron chi connectivity index (χ0n) is 10.8. The molecular formula is C14H14BrN3O. The topological polar surface area (TPSA) is 50.8 Å². The van der Waals surface area contributed by atoms with E-state index in [1.807, 2.05) is 32.0 Å². The maximum atomic E-state index is 9.21. The van der Waals surface area contributed by atoms with Crippen LogP contribution in [0.2, 0.25) is 0 Å². The quantitative estimate of drug-likeness (QED) is 0.811.